The molecular weight excluding hydrogens is 214 g/mol. The van der Waals surface area contributed by atoms with E-state index in [-0.39, 0.29) is 6.61 Å². The van der Waals surface area contributed by atoms with Gasteiger partial charge in [-0.3, -0.25) is 0 Å². The summed E-state index contributed by atoms with van der Waals surface area (Å²) in [5, 5.41) is 8.96. The predicted molar refractivity (Wildman–Crippen MR) is 69.9 cm³/mol. The molecule has 0 aromatic heterocycles. The van der Waals surface area contributed by atoms with Gasteiger partial charge >= 0.3 is 0 Å². The Morgan fingerprint density at radius 3 is 2.59 bits per heavy atom. The molecular formula is C14H23NO2. The standard InChI is InChI=1S/C14H23NO2/c1-14(15,12-16)9-11-17-10-5-8-13-6-3-2-4-7-13/h2-4,6-7,16H,5,8-12,15H2,1H3. The molecule has 1 rings (SSSR count). The van der Waals surface area contributed by atoms with Crippen molar-refractivity contribution in [3.63, 3.8) is 0 Å². The summed E-state index contributed by atoms with van der Waals surface area (Å²) < 4.78 is 5.50. The van der Waals surface area contributed by atoms with Gasteiger partial charge in [-0.15, -0.1) is 0 Å². The molecule has 0 spiro atoms. The number of aryl methyl sites for hydroxylation is 1. The lowest BCUT2D eigenvalue weighted by molar-refractivity contribution is 0.0987. The van der Waals surface area contributed by atoms with Crippen molar-refractivity contribution >= 4 is 0 Å². The molecule has 0 saturated carbocycles. The van der Waals surface area contributed by atoms with E-state index in [2.05, 4.69) is 24.3 Å². The summed E-state index contributed by atoms with van der Waals surface area (Å²) in [6.45, 7) is 3.19. The Kier molecular flexibility index (Phi) is 6.19. The maximum Gasteiger partial charge on any atom is 0.0609 e. The van der Waals surface area contributed by atoms with Crippen LogP contribution in [0.4, 0.5) is 0 Å². The van der Waals surface area contributed by atoms with E-state index in [1.54, 1.807) is 0 Å². The molecule has 1 atom stereocenters. The zero-order valence-corrected chi connectivity index (χ0v) is 10.6. The highest BCUT2D eigenvalue weighted by atomic mass is 16.5. The highest BCUT2D eigenvalue weighted by Gasteiger charge is 2.15. The van der Waals surface area contributed by atoms with Gasteiger partial charge in [0.15, 0.2) is 0 Å². The third-order valence-corrected chi connectivity index (χ3v) is 2.78. The average molecular weight is 237 g/mol. The van der Waals surface area contributed by atoms with Crippen LogP contribution in [-0.4, -0.2) is 30.5 Å². The van der Waals surface area contributed by atoms with Gasteiger partial charge in [0.25, 0.3) is 0 Å². The summed E-state index contributed by atoms with van der Waals surface area (Å²) in [5.41, 5.74) is 6.62. The van der Waals surface area contributed by atoms with Gasteiger partial charge in [0.1, 0.15) is 0 Å². The molecule has 1 unspecified atom stereocenters. The van der Waals surface area contributed by atoms with E-state index in [9.17, 15) is 0 Å². The lowest BCUT2D eigenvalue weighted by atomic mass is 10.0. The molecule has 0 aliphatic heterocycles. The second kappa shape index (κ2) is 7.43. The maximum absolute atomic E-state index is 8.96. The highest BCUT2D eigenvalue weighted by molar-refractivity contribution is 5.14. The average Bonchev–Trinajstić information content (AvgIpc) is 2.35. The fourth-order valence-corrected chi connectivity index (χ4v) is 1.51. The molecule has 3 heteroatoms. The fraction of sp³-hybridized carbons (Fsp3) is 0.571. The van der Waals surface area contributed by atoms with Crippen LogP contribution < -0.4 is 5.73 Å². The van der Waals surface area contributed by atoms with Crippen molar-refractivity contribution in [1.29, 1.82) is 0 Å². The van der Waals surface area contributed by atoms with Gasteiger partial charge in [-0.05, 0) is 31.7 Å². The number of hydrogen-bond donors (Lipinski definition) is 2. The Morgan fingerprint density at radius 2 is 1.94 bits per heavy atom. The van der Waals surface area contributed by atoms with Crippen molar-refractivity contribution in [3.8, 4) is 0 Å². The summed E-state index contributed by atoms with van der Waals surface area (Å²) in [6, 6.07) is 10.4. The Morgan fingerprint density at radius 1 is 1.24 bits per heavy atom. The molecule has 17 heavy (non-hydrogen) atoms. The van der Waals surface area contributed by atoms with Crippen LogP contribution in [0, 0.1) is 0 Å². The van der Waals surface area contributed by atoms with Crippen LogP contribution >= 0.6 is 0 Å². The first-order valence-corrected chi connectivity index (χ1v) is 6.15. The third kappa shape index (κ3) is 6.41. The molecule has 0 aliphatic carbocycles. The van der Waals surface area contributed by atoms with Crippen LogP contribution in [0.5, 0.6) is 0 Å². The zero-order valence-electron chi connectivity index (χ0n) is 10.6. The van der Waals surface area contributed by atoms with Gasteiger partial charge in [-0.25, -0.2) is 0 Å². The number of nitrogens with two attached hydrogens (primary N) is 1. The van der Waals surface area contributed by atoms with Crippen molar-refractivity contribution in [3.05, 3.63) is 35.9 Å². The molecule has 0 radical (unpaired) electrons. The van der Waals surface area contributed by atoms with Gasteiger partial charge in [-0.2, -0.15) is 0 Å². The molecule has 0 heterocycles. The molecule has 0 aliphatic rings. The van der Waals surface area contributed by atoms with Crippen molar-refractivity contribution in [2.45, 2.75) is 31.7 Å². The predicted octanol–water partition coefficient (Wildman–Crippen LogP) is 1.74. The van der Waals surface area contributed by atoms with Crippen molar-refractivity contribution in [2.24, 2.45) is 5.73 Å². The van der Waals surface area contributed by atoms with Crippen molar-refractivity contribution in [1.82, 2.24) is 0 Å². The van der Waals surface area contributed by atoms with Crippen LogP contribution in [0.3, 0.4) is 0 Å². The monoisotopic (exact) mass is 237 g/mol. The number of benzene rings is 1. The number of rotatable bonds is 8. The number of aliphatic hydroxyl groups excluding tert-OH is 1. The lowest BCUT2D eigenvalue weighted by Crippen LogP contribution is -2.41. The minimum Gasteiger partial charge on any atom is -0.394 e. The van der Waals surface area contributed by atoms with Crippen LogP contribution in [0.2, 0.25) is 0 Å². The molecule has 3 nitrogen and oxygen atoms in total. The second-order valence-corrected chi connectivity index (χ2v) is 4.76. The van der Waals surface area contributed by atoms with E-state index in [0.29, 0.717) is 13.0 Å². The molecule has 3 N–H and O–H groups in total. The number of aliphatic hydroxyl groups is 1. The largest absolute Gasteiger partial charge is 0.394 e. The first-order chi connectivity index (χ1) is 8.14. The van der Waals surface area contributed by atoms with E-state index in [1.165, 1.54) is 5.56 Å². The Labute approximate surface area is 104 Å². The number of hydrogen-bond acceptors (Lipinski definition) is 3. The van der Waals surface area contributed by atoms with Crippen LogP contribution in [0.15, 0.2) is 30.3 Å². The second-order valence-electron chi connectivity index (χ2n) is 4.76. The van der Waals surface area contributed by atoms with E-state index in [1.807, 2.05) is 13.0 Å². The van der Waals surface area contributed by atoms with Gasteiger partial charge in [0, 0.05) is 18.8 Å². The molecule has 0 bridgehead atoms. The minimum atomic E-state index is -0.514. The summed E-state index contributed by atoms with van der Waals surface area (Å²) in [6.07, 6.45) is 2.75. The maximum atomic E-state index is 8.96. The van der Waals surface area contributed by atoms with Crippen molar-refractivity contribution in [2.75, 3.05) is 19.8 Å². The molecule has 0 saturated heterocycles. The van der Waals surface area contributed by atoms with Crippen LogP contribution in [-0.2, 0) is 11.2 Å². The van der Waals surface area contributed by atoms with E-state index >= 15 is 0 Å². The van der Waals surface area contributed by atoms with Crippen LogP contribution in [0.1, 0.15) is 25.3 Å². The van der Waals surface area contributed by atoms with Gasteiger partial charge in [-0.1, -0.05) is 30.3 Å². The fourth-order valence-electron chi connectivity index (χ4n) is 1.51. The minimum absolute atomic E-state index is 0.000372. The van der Waals surface area contributed by atoms with Crippen LogP contribution in [0.25, 0.3) is 0 Å². The normalized spacial score (nSPS) is 14.5. The third-order valence-electron chi connectivity index (χ3n) is 2.78. The first-order valence-electron chi connectivity index (χ1n) is 6.15. The molecule has 1 aromatic carbocycles. The smallest absolute Gasteiger partial charge is 0.0609 e. The molecule has 0 fully saturated rings. The zero-order chi connectivity index (χ0) is 12.6. The topological polar surface area (TPSA) is 55.5 Å². The molecule has 96 valence electrons. The summed E-state index contributed by atoms with van der Waals surface area (Å²) >= 11 is 0. The summed E-state index contributed by atoms with van der Waals surface area (Å²) in [5.74, 6) is 0. The highest BCUT2D eigenvalue weighted by Crippen LogP contribution is 2.05. The Hall–Kier alpha value is -0.900. The van der Waals surface area contributed by atoms with Gasteiger partial charge < -0.3 is 15.6 Å². The van der Waals surface area contributed by atoms with Gasteiger partial charge in [0.2, 0.25) is 0 Å². The lowest BCUT2D eigenvalue weighted by Gasteiger charge is -2.21. The Bertz CT molecular complexity index is 298. The summed E-state index contributed by atoms with van der Waals surface area (Å²) in [7, 11) is 0. The summed E-state index contributed by atoms with van der Waals surface area (Å²) in [4.78, 5) is 0. The van der Waals surface area contributed by atoms with Crippen molar-refractivity contribution < 1.29 is 9.84 Å². The van der Waals surface area contributed by atoms with E-state index < -0.39 is 5.54 Å². The molecule has 1 aromatic rings. The van der Waals surface area contributed by atoms with Gasteiger partial charge in [0.05, 0.1) is 6.61 Å². The SMILES string of the molecule is CC(N)(CO)CCOCCCc1ccccc1. The van der Waals surface area contributed by atoms with E-state index in [0.717, 1.165) is 19.4 Å². The Balaban J connectivity index is 2.02. The first kappa shape index (κ1) is 14.2. The molecule has 0 amide bonds. The quantitative estimate of drug-likeness (QED) is 0.677. The van der Waals surface area contributed by atoms with E-state index in [4.69, 9.17) is 15.6 Å². The number of ether oxygens (including phenoxy) is 1.